The minimum atomic E-state index is -1.24. The fourth-order valence-electron chi connectivity index (χ4n) is 4.19. The number of carbonyl (C=O) groups excluding carboxylic acids is 3. The lowest BCUT2D eigenvalue weighted by Gasteiger charge is -2.34. The van der Waals surface area contributed by atoms with Gasteiger partial charge in [0, 0.05) is 7.11 Å². The predicted molar refractivity (Wildman–Crippen MR) is 121 cm³/mol. The third-order valence-electron chi connectivity index (χ3n) is 5.92. The Kier molecular flexibility index (Phi) is 8.84. The van der Waals surface area contributed by atoms with E-state index in [1.807, 2.05) is 30.3 Å². The maximum absolute atomic E-state index is 13.5. The lowest BCUT2D eigenvalue weighted by atomic mass is 9.73. The first kappa shape index (κ1) is 25.8. The van der Waals surface area contributed by atoms with Gasteiger partial charge in [0.25, 0.3) is 0 Å². The summed E-state index contributed by atoms with van der Waals surface area (Å²) in [6, 6.07) is 8.70. The summed E-state index contributed by atoms with van der Waals surface area (Å²) in [6.45, 7) is 9.14. The van der Waals surface area contributed by atoms with Crippen molar-refractivity contribution in [3.8, 4) is 0 Å². The number of unbranched alkanes of at least 4 members (excludes halogenated alkanes) is 2. The van der Waals surface area contributed by atoms with Crippen molar-refractivity contribution in [2.45, 2.75) is 78.6 Å². The lowest BCUT2D eigenvalue weighted by molar-refractivity contribution is -0.162. The fourth-order valence-corrected chi connectivity index (χ4v) is 4.19. The molecule has 2 amide bonds. The van der Waals surface area contributed by atoms with Gasteiger partial charge in [-0.1, -0.05) is 56.5 Å². The van der Waals surface area contributed by atoms with Gasteiger partial charge < -0.3 is 14.2 Å². The second kappa shape index (κ2) is 10.9. The predicted octanol–water partition coefficient (Wildman–Crippen LogP) is 4.72. The van der Waals surface area contributed by atoms with E-state index in [1.165, 1.54) is 7.11 Å². The van der Waals surface area contributed by atoms with Crippen molar-refractivity contribution >= 4 is 18.0 Å². The van der Waals surface area contributed by atoms with Crippen LogP contribution in [0, 0.1) is 11.3 Å². The standard InChI is InChI=1S/C25H37NO6/c1-7-8-10-15-20-25(5,22(28)31-16-18-13-11-9-12-14-18)19(17-30-6)21(27)26(20)23(29)32-24(2,3)4/h9,11-14,19-20H,7-8,10,15-17H2,1-6H3/t19?,20-,25+/m0/s1. The minimum Gasteiger partial charge on any atom is -0.460 e. The minimum absolute atomic E-state index is 0.0132. The number of benzene rings is 1. The van der Waals surface area contributed by atoms with E-state index in [9.17, 15) is 14.4 Å². The quantitative estimate of drug-likeness (QED) is 0.402. The molecule has 1 fully saturated rings. The molecule has 7 heteroatoms. The largest absolute Gasteiger partial charge is 0.460 e. The van der Waals surface area contributed by atoms with Gasteiger partial charge in [-0.3, -0.25) is 9.59 Å². The number of nitrogens with zero attached hydrogens (tertiary/aromatic N) is 1. The SMILES string of the molecule is CCCCC[C@@H]1N(C(=O)OC(C)(C)C)C(=O)C(COC)[C@@]1(C)C(=O)OCc1ccccc1. The number of likely N-dealkylation sites (tertiary alicyclic amines) is 1. The van der Waals surface area contributed by atoms with E-state index in [2.05, 4.69) is 6.92 Å². The molecule has 0 N–H and O–H groups in total. The van der Waals surface area contributed by atoms with Gasteiger partial charge in [0.05, 0.1) is 24.0 Å². The summed E-state index contributed by atoms with van der Waals surface area (Å²) in [5.41, 5.74) is -1.16. The maximum atomic E-state index is 13.5. The van der Waals surface area contributed by atoms with Crippen molar-refractivity contribution in [3.63, 3.8) is 0 Å². The van der Waals surface area contributed by atoms with Crippen molar-refractivity contribution < 1.29 is 28.6 Å². The van der Waals surface area contributed by atoms with Crippen molar-refractivity contribution in [1.29, 1.82) is 0 Å². The van der Waals surface area contributed by atoms with Crippen LogP contribution in [0.1, 0.15) is 65.9 Å². The van der Waals surface area contributed by atoms with Crippen LogP contribution in [0.25, 0.3) is 0 Å². The molecule has 1 aliphatic rings. The highest BCUT2D eigenvalue weighted by Crippen LogP contribution is 2.46. The van der Waals surface area contributed by atoms with Crippen LogP contribution in [-0.2, 0) is 30.4 Å². The Morgan fingerprint density at radius 1 is 1.12 bits per heavy atom. The molecule has 178 valence electrons. The second-order valence-electron chi connectivity index (χ2n) is 9.55. The molecular formula is C25H37NO6. The smallest absolute Gasteiger partial charge is 0.417 e. The zero-order chi connectivity index (χ0) is 23.9. The number of imide groups is 1. The molecule has 3 atom stereocenters. The van der Waals surface area contributed by atoms with Crippen molar-refractivity contribution in [2.75, 3.05) is 13.7 Å². The summed E-state index contributed by atoms with van der Waals surface area (Å²) in [5.74, 6) is -1.80. The molecular weight excluding hydrogens is 410 g/mol. The summed E-state index contributed by atoms with van der Waals surface area (Å²) in [6.07, 6.45) is 2.44. The Bertz CT molecular complexity index is 787. The van der Waals surface area contributed by atoms with E-state index in [4.69, 9.17) is 14.2 Å². The van der Waals surface area contributed by atoms with Gasteiger partial charge in [-0.05, 0) is 39.7 Å². The normalized spacial score (nSPS) is 23.3. The van der Waals surface area contributed by atoms with Crippen LogP contribution in [0.2, 0.25) is 0 Å². The molecule has 1 aromatic rings. The van der Waals surface area contributed by atoms with Gasteiger partial charge in [0.1, 0.15) is 12.2 Å². The average molecular weight is 448 g/mol. The Hall–Kier alpha value is -2.41. The average Bonchev–Trinajstić information content (AvgIpc) is 2.94. The molecule has 0 spiro atoms. The molecule has 1 unspecified atom stereocenters. The van der Waals surface area contributed by atoms with Crippen LogP contribution < -0.4 is 0 Å². The number of carbonyl (C=O) groups is 3. The highest BCUT2D eigenvalue weighted by atomic mass is 16.6. The van der Waals surface area contributed by atoms with E-state index in [-0.39, 0.29) is 13.2 Å². The molecule has 1 aromatic carbocycles. The Labute approximate surface area is 191 Å². The zero-order valence-corrected chi connectivity index (χ0v) is 20.2. The van der Waals surface area contributed by atoms with E-state index >= 15 is 0 Å². The molecule has 2 rings (SSSR count). The third kappa shape index (κ3) is 5.88. The first-order valence-electron chi connectivity index (χ1n) is 11.3. The molecule has 1 heterocycles. The number of amides is 2. The number of rotatable bonds is 9. The molecule has 32 heavy (non-hydrogen) atoms. The summed E-state index contributed by atoms with van der Waals surface area (Å²) in [7, 11) is 1.48. The number of ether oxygens (including phenoxy) is 3. The molecule has 1 aliphatic heterocycles. The second-order valence-corrected chi connectivity index (χ2v) is 9.55. The number of hydrogen-bond donors (Lipinski definition) is 0. The van der Waals surface area contributed by atoms with E-state index in [1.54, 1.807) is 27.7 Å². The molecule has 7 nitrogen and oxygen atoms in total. The summed E-state index contributed by atoms with van der Waals surface area (Å²) < 4.78 is 16.5. The van der Waals surface area contributed by atoms with Gasteiger partial charge in [-0.15, -0.1) is 0 Å². The number of esters is 1. The van der Waals surface area contributed by atoms with Crippen LogP contribution in [0.15, 0.2) is 30.3 Å². The summed E-state index contributed by atoms with van der Waals surface area (Å²) in [5, 5.41) is 0. The van der Waals surface area contributed by atoms with Crippen LogP contribution >= 0.6 is 0 Å². The van der Waals surface area contributed by atoms with Crippen molar-refractivity contribution in [3.05, 3.63) is 35.9 Å². The van der Waals surface area contributed by atoms with Gasteiger partial charge in [0.15, 0.2) is 0 Å². The first-order chi connectivity index (χ1) is 15.1. The fraction of sp³-hybridized carbons (Fsp3) is 0.640. The van der Waals surface area contributed by atoms with Crippen LogP contribution in [0.4, 0.5) is 4.79 Å². The third-order valence-corrected chi connectivity index (χ3v) is 5.92. The van der Waals surface area contributed by atoms with Crippen LogP contribution in [0.3, 0.4) is 0 Å². The molecule has 1 saturated heterocycles. The van der Waals surface area contributed by atoms with Gasteiger partial charge in [0.2, 0.25) is 5.91 Å². The van der Waals surface area contributed by atoms with E-state index in [0.29, 0.717) is 6.42 Å². The molecule has 0 radical (unpaired) electrons. The highest BCUT2D eigenvalue weighted by Gasteiger charge is 2.63. The Morgan fingerprint density at radius 2 is 1.78 bits per heavy atom. The topological polar surface area (TPSA) is 82.1 Å². The molecule has 0 aliphatic carbocycles. The molecule has 0 saturated carbocycles. The number of methoxy groups -OCH3 is 1. The summed E-state index contributed by atoms with van der Waals surface area (Å²) in [4.78, 5) is 41.0. The Morgan fingerprint density at radius 3 is 2.34 bits per heavy atom. The van der Waals surface area contributed by atoms with Gasteiger partial charge in [-0.25, -0.2) is 9.69 Å². The zero-order valence-electron chi connectivity index (χ0n) is 20.2. The van der Waals surface area contributed by atoms with E-state index < -0.39 is 40.9 Å². The monoisotopic (exact) mass is 447 g/mol. The van der Waals surface area contributed by atoms with Crippen LogP contribution in [-0.4, -0.2) is 48.2 Å². The highest BCUT2D eigenvalue weighted by molar-refractivity contribution is 6.01. The first-order valence-corrected chi connectivity index (χ1v) is 11.3. The number of hydrogen-bond acceptors (Lipinski definition) is 6. The maximum Gasteiger partial charge on any atom is 0.417 e. The Balaban J connectivity index is 2.39. The van der Waals surface area contributed by atoms with Crippen molar-refractivity contribution in [1.82, 2.24) is 4.90 Å². The van der Waals surface area contributed by atoms with Crippen molar-refractivity contribution in [2.24, 2.45) is 11.3 Å². The molecule has 0 bridgehead atoms. The van der Waals surface area contributed by atoms with Gasteiger partial charge in [-0.2, -0.15) is 0 Å². The van der Waals surface area contributed by atoms with Gasteiger partial charge >= 0.3 is 12.1 Å². The van der Waals surface area contributed by atoms with E-state index in [0.717, 1.165) is 29.7 Å². The van der Waals surface area contributed by atoms with Crippen LogP contribution in [0.5, 0.6) is 0 Å². The summed E-state index contributed by atoms with van der Waals surface area (Å²) >= 11 is 0. The lowest BCUT2D eigenvalue weighted by Crippen LogP contribution is -2.49. The molecule has 0 aromatic heterocycles.